The fourth-order valence-electron chi connectivity index (χ4n) is 1.58. The second-order valence-corrected chi connectivity index (χ2v) is 4.12. The Morgan fingerprint density at radius 2 is 1.94 bits per heavy atom. The highest BCUT2D eigenvalue weighted by molar-refractivity contribution is 5.35. The Labute approximate surface area is 105 Å². The number of nitrogens with one attached hydrogen (secondary N) is 1. The molecule has 0 aliphatic rings. The maximum absolute atomic E-state index is 12.0. The van der Waals surface area contributed by atoms with Gasteiger partial charge in [-0.2, -0.15) is 13.2 Å². The summed E-state index contributed by atoms with van der Waals surface area (Å²) in [6.07, 6.45) is -4.94. The molecule has 0 amide bonds. The van der Waals surface area contributed by atoms with Crippen LogP contribution in [-0.4, -0.2) is 19.8 Å². The van der Waals surface area contributed by atoms with Crippen molar-refractivity contribution in [3.63, 3.8) is 0 Å². The van der Waals surface area contributed by atoms with Crippen LogP contribution in [0.25, 0.3) is 0 Å². The van der Waals surface area contributed by atoms with Crippen LogP contribution in [0.2, 0.25) is 0 Å². The van der Waals surface area contributed by atoms with Crippen LogP contribution >= 0.6 is 0 Å². The lowest BCUT2D eigenvalue weighted by atomic mass is 10.1. The van der Waals surface area contributed by atoms with Gasteiger partial charge in [-0.3, -0.25) is 0 Å². The third kappa shape index (κ3) is 4.96. The lowest BCUT2D eigenvalue weighted by Gasteiger charge is -2.16. The molecule has 0 aliphatic heterocycles. The van der Waals surface area contributed by atoms with E-state index in [2.05, 4.69) is 5.32 Å². The van der Waals surface area contributed by atoms with Crippen LogP contribution in [0.5, 0.6) is 5.75 Å². The molecule has 0 aromatic heterocycles. The molecule has 0 saturated carbocycles. The number of para-hydroxylation sites is 1. The van der Waals surface area contributed by atoms with E-state index >= 15 is 0 Å². The van der Waals surface area contributed by atoms with Crippen molar-refractivity contribution in [3.8, 4) is 5.75 Å². The third-order valence-electron chi connectivity index (χ3n) is 2.68. The molecule has 0 heterocycles. The Kier molecular flexibility index (Phi) is 5.47. The average molecular weight is 261 g/mol. The van der Waals surface area contributed by atoms with Crippen LogP contribution < -0.4 is 10.1 Å². The molecule has 5 heteroatoms. The highest BCUT2D eigenvalue weighted by atomic mass is 19.4. The number of hydrogen-bond acceptors (Lipinski definition) is 2. The number of halogens is 3. The molecule has 1 aromatic rings. The highest BCUT2D eigenvalue weighted by Crippen LogP contribution is 2.25. The number of rotatable bonds is 6. The summed E-state index contributed by atoms with van der Waals surface area (Å²) in [4.78, 5) is 0. The van der Waals surface area contributed by atoms with E-state index in [1.807, 2.05) is 32.2 Å². The minimum Gasteiger partial charge on any atom is -0.493 e. The summed E-state index contributed by atoms with van der Waals surface area (Å²) >= 11 is 0. The lowest BCUT2D eigenvalue weighted by Crippen LogP contribution is -2.14. The number of hydrogen-bond donors (Lipinski definition) is 1. The molecule has 0 aliphatic carbocycles. The van der Waals surface area contributed by atoms with E-state index in [0.717, 1.165) is 5.56 Å². The molecule has 1 rings (SSSR count). The Morgan fingerprint density at radius 3 is 2.56 bits per heavy atom. The van der Waals surface area contributed by atoms with Gasteiger partial charge in [-0.25, -0.2) is 0 Å². The molecule has 0 fully saturated rings. The zero-order valence-electron chi connectivity index (χ0n) is 10.6. The van der Waals surface area contributed by atoms with Crippen LogP contribution in [0.15, 0.2) is 24.3 Å². The van der Waals surface area contributed by atoms with Gasteiger partial charge in [0.1, 0.15) is 5.75 Å². The normalized spacial score (nSPS) is 13.4. The fourth-order valence-corrected chi connectivity index (χ4v) is 1.58. The smallest absolute Gasteiger partial charge is 0.389 e. The molecule has 1 atom stereocenters. The summed E-state index contributed by atoms with van der Waals surface area (Å²) in [6, 6.07) is 7.47. The van der Waals surface area contributed by atoms with Gasteiger partial charge in [0.15, 0.2) is 0 Å². The largest absolute Gasteiger partial charge is 0.493 e. The molecule has 0 bridgehead atoms. The van der Waals surface area contributed by atoms with Crippen molar-refractivity contribution in [1.82, 2.24) is 5.32 Å². The summed E-state index contributed by atoms with van der Waals surface area (Å²) in [7, 11) is 1.82. The fraction of sp³-hybridized carbons (Fsp3) is 0.538. The van der Waals surface area contributed by atoms with Crippen LogP contribution in [0.3, 0.4) is 0 Å². The van der Waals surface area contributed by atoms with Gasteiger partial charge in [-0.1, -0.05) is 18.2 Å². The number of ether oxygens (including phenoxy) is 1. The van der Waals surface area contributed by atoms with Gasteiger partial charge in [0, 0.05) is 18.0 Å². The van der Waals surface area contributed by atoms with Gasteiger partial charge < -0.3 is 10.1 Å². The van der Waals surface area contributed by atoms with Crippen molar-refractivity contribution in [2.45, 2.75) is 32.0 Å². The van der Waals surface area contributed by atoms with Crippen molar-refractivity contribution >= 4 is 0 Å². The van der Waals surface area contributed by atoms with Gasteiger partial charge in [-0.15, -0.1) is 0 Å². The minimum absolute atomic E-state index is 0.0221. The van der Waals surface area contributed by atoms with Crippen molar-refractivity contribution < 1.29 is 17.9 Å². The first kappa shape index (κ1) is 14.8. The molecule has 2 nitrogen and oxygen atoms in total. The first-order valence-electron chi connectivity index (χ1n) is 5.90. The van der Waals surface area contributed by atoms with E-state index in [4.69, 9.17) is 4.74 Å². The Balaban J connectivity index is 2.52. The predicted octanol–water partition coefficient (Wildman–Crippen LogP) is 3.69. The molecule has 0 radical (unpaired) electrons. The van der Waals surface area contributed by atoms with Gasteiger partial charge in [0.25, 0.3) is 0 Å². The zero-order valence-corrected chi connectivity index (χ0v) is 10.6. The molecule has 1 N–H and O–H groups in total. The maximum atomic E-state index is 12.0. The second-order valence-electron chi connectivity index (χ2n) is 4.12. The average Bonchev–Trinajstić information content (AvgIpc) is 2.33. The number of alkyl halides is 3. The molecule has 18 heavy (non-hydrogen) atoms. The van der Waals surface area contributed by atoms with Gasteiger partial charge in [0.05, 0.1) is 6.61 Å². The standard InChI is InChI=1S/C13H18F3NO/c1-10(17-2)11-6-3-4-7-12(11)18-9-5-8-13(14,15)16/h3-4,6-7,10,17H,5,8-9H2,1-2H3. The first-order valence-corrected chi connectivity index (χ1v) is 5.90. The molecular weight excluding hydrogens is 243 g/mol. The summed E-state index contributed by atoms with van der Waals surface area (Å²) < 4.78 is 41.3. The molecule has 1 aromatic carbocycles. The summed E-state index contributed by atoms with van der Waals surface area (Å²) in [6.45, 7) is 2.05. The Bertz CT molecular complexity index is 365. The van der Waals surface area contributed by atoms with Gasteiger partial charge >= 0.3 is 6.18 Å². The van der Waals surface area contributed by atoms with Crippen molar-refractivity contribution in [3.05, 3.63) is 29.8 Å². The van der Waals surface area contributed by atoms with E-state index in [9.17, 15) is 13.2 Å². The van der Waals surface area contributed by atoms with E-state index < -0.39 is 12.6 Å². The molecular formula is C13H18F3NO. The summed E-state index contributed by atoms with van der Waals surface area (Å²) in [5, 5.41) is 3.08. The maximum Gasteiger partial charge on any atom is 0.389 e. The molecule has 102 valence electrons. The first-order chi connectivity index (χ1) is 8.44. The van der Waals surface area contributed by atoms with E-state index in [1.54, 1.807) is 6.07 Å². The van der Waals surface area contributed by atoms with E-state index in [-0.39, 0.29) is 19.1 Å². The minimum atomic E-state index is -4.11. The number of benzene rings is 1. The van der Waals surface area contributed by atoms with Gasteiger partial charge in [-0.05, 0) is 26.5 Å². The molecule has 0 spiro atoms. The Morgan fingerprint density at radius 1 is 1.28 bits per heavy atom. The highest BCUT2D eigenvalue weighted by Gasteiger charge is 2.26. The van der Waals surface area contributed by atoms with Crippen LogP contribution in [0.1, 0.15) is 31.4 Å². The second kappa shape index (κ2) is 6.64. The van der Waals surface area contributed by atoms with Gasteiger partial charge in [0.2, 0.25) is 0 Å². The van der Waals surface area contributed by atoms with Crippen molar-refractivity contribution in [1.29, 1.82) is 0 Å². The zero-order chi connectivity index (χ0) is 13.6. The van der Waals surface area contributed by atoms with Crippen LogP contribution in [-0.2, 0) is 0 Å². The summed E-state index contributed by atoms with van der Waals surface area (Å²) in [5.41, 5.74) is 0.951. The quantitative estimate of drug-likeness (QED) is 0.788. The van der Waals surface area contributed by atoms with Crippen molar-refractivity contribution in [2.75, 3.05) is 13.7 Å². The third-order valence-corrected chi connectivity index (χ3v) is 2.68. The van der Waals surface area contributed by atoms with Crippen LogP contribution in [0, 0.1) is 0 Å². The van der Waals surface area contributed by atoms with Crippen LogP contribution in [0.4, 0.5) is 13.2 Å². The predicted molar refractivity (Wildman–Crippen MR) is 64.7 cm³/mol. The molecule has 1 unspecified atom stereocenters. The Hall–Kier alpha value is -1.23. The lowest BCUT2D eigenvalue weighted by molar-refractivity contribution is -0.136. The molecule has 0 saturated heterocycles. The van der Waals surface area contributed by atoms with E-state index in [0.29, 0.717) is 5.75 Å². The topological polar surface area (TPSA) is 21.3 Å². The monoisotopic (exact) mass is 261 g/mol. The SMILES string of the molecule is CNC(C)c1ccccc1OCCCC(F)(F)F. The van der Waals surface area contributed by atoms with E-state index in [1.165, 1.54) is 0 Å². The van der Waals surface area contributed by atoms with Crippen molar-refractivity contribution in [2.24, 2.45) is 0 Å². The summed E-state index contributed by atoms with van der Waals surface area (Å²) in [5.74, 6) is 0.640.